The standard InChI is InChI=1S/C33H40N2O6/c1-37-18-5-17-35-30-21-25(9-14-31(30)41-24-33(35)36)23-40-32-22-34-16-15-29(32)26-10-12-28(13-11-26)39-20-6-19-38-27-7-3-2-4-8-27/h2-4,7-14,21,29,32,34H,5-6,15-20,22-24H2,1H3. The molecule has 2 heterocycles. The zero-order chi connectivity index (χ0) is 28.3. The van der Waals surface area contributed by atoms with E-state index in [9.17, 15) is 4.79 Å². The number of hydrogen-bond acceptors (Lipinski definition) is 7. The molecule has 0 radical (unpaired) electrons. The maximum absolute atomic E-state index is 12.5. The van der Waals surface area contributed by atoms with E-state index in [2.05, 4.69) is 17.4 Å². The molecule has 5 rings (SSSR count). The van der Waals surface area contributed by atoms with Crippen LogP contribution in [0.5, 0.6) is 17.2 Å². The normalized spacial score (nSPS) is 18.5. The fourth-order valence-corrected chi connectivity index (χ4v) is 5.31. The van der Waals surface area contributed by atoms with Crippen LogP contribution in [0.1, 0.15) is 36.3 Å². The van der Waals surface area contributed by atoms with Gasteiger partial charge in [0.25, 0.3) is 5.91 Å². The zero-order valence-electron chi connectivity index (χ0n) is 23.8. The summed E-state index contributed by atoms with van der Waals surface area (Å²) >= 11 is 0. The summed E-state index contributed by atoms with van der Waals surface area (Å²) < 4.78 is 29.0. The highest BCUT2D eigenvalue weighted by molar-refractivity contribution is 5.97. The first-order valence-electron chi connectivity index (χ1n) is 14.5. The van der Waals surface area contributed by atoms with Crippen molar-refractivity contribution in [3.05, 3.63) is 83.9 Å². The second-order valence-electron chi connectivity index (χ2n) is 10.4. The molecule has 41 heavy (non-hydrogen) atoms. The monoisotopic (exact) mass is 560 g/mol. The van der Waals surface area contributed by atoms with Gasteiger partial charge in [-0.1, -0.05) is 36.4 Å². The number of para-hydroxylation sites is 1. The molecule has 3 aromatic rings. The summed E-state index contributed by atoms with van der Waals surface area (Å²) in [4.78, 5) is 14.3. The highest BCUT2D eigenvalue weighted by atomic mass is 16.5. The molecule has 1 amide bonds. The van der Waals surface area contributed by atoms with Gasteiger partial charge in [0.05, 0.1) is 31.6 Å². The third-order valence-electron chi connectivity index (χ3n) is 7.46. The minimum Gasteiger partial charge on any atom is -0.493 e. The van der Waals surface area contributed by atoms with Crippen LogP contribution in [0, 0.1) is 0 Å². The first-order chi connectivity index (χ1) is 20.2. The molecule has 2 unspecified atom stereocenters. The first kappa shape index (κ1) is 28.9. The minimum absolute atomic E-state index is 0.0313. The van der Waals surface area contributed by atoms with Crippen molar-refractivity contribution in [1.82, 2.24) is 5.32 Å². The molecule has 1 fully saturated rings. The fourth-order valence-electron chi connectivity index (χ4n) is 5.31. The van der Waals surface area contributed by atoms with Gasteiger partial charge in [0, 0.05) is 39.1 Å². The topological polar surface area (TPSA) is 78.5 Å². The van der Waals surface area contributed by atoms with Gasteiger partial charge in [0.2, 0.25) is 0 Å². The van der Waals surface area contributed by atoms with Crippen LogP contribution in [0.3, 0.4) is 0 Å². The maximum atomic E-state index is 12.5. The molecule has 0 saturated carbocycles. The molecule has 2 aliphatic heterocycles. The number of piperidine rings is 1. The van der Waals surface area contributed by atoms with Gasteiger partial charge in [0.1, 0.15) is 17.2 Å². The number of carbonyl (C=O) groups is 1. The van der Waals surface area contributed by atoms with E-state index >= 15 is 0 Å². The molecule has 0 bridgehead atoms. The Labute approximate surface area is 242 Å². The van der Waals surface area contributed by atoms with Gasteiger partial charge in [-0.15, -0.1) is 0 Å². The van der Waals surface area contributed by atoms with Crippen molar-refractivity contribution >= 4 is 11.6 Å². The van der Waals surface area contributed by atoms with Crippen molar-refractivity contribution in [2.24, 2.45) is 0 Å². The maximum Gasteiger partial charge on any atom is 0.265 e. The number of rotatable bonds is 14. The number of nitrogens with one attached hydrogen (secondary N) is 1. The predicted octanol–water partition coefficient (Wildman–Crippen LogP) is 4.96. The average molecular weight is 561 g/mol. The number of ether oxygens (including phenoxy) is 5. The Morgan fingerprint density at radius 1 is 0.927 bits per heavy atom. The lowest BCUT2D eigenvalue weighted by molar-refractivity contribution is -0.121. The van der Waals surface area contributed by atoms with Gasteiger partial charge in [-0.05, 0) is 66.9 Å². The van der Waals surface area contributed by atoms with Crippen molar-refractivity contribution in [2.75, 3.05) is 58.1 Å². The molecule has 0 aromatic heterocycles. The van der Waals surface area contributed by atoms with Crippen molar-refractivity contribution in [3.8, 4) is 17.2 Å². The molecule has 0 spiro atoms. The average Bonchev–Trinajstić information content (AvgIpc) is 3.02. The van der Waals surface area contributed by atoms with Crippen molar-refractivity contribution in [1.29, 1.82) is 0 Å². The third-order valence-corrected chi connectivity index (χ3v) is 7.46. The Morgan fingerprint density at radius 3 is 2.49 bits per heavy atom. The van der Waals surface area contributed by atoms with E-state index in [1.807, 2.05) is 60.7 Å². The highest BCUT2D eigenvalue weighted by Crippen LogP contribution is 2.34. The summed E-state index contributed by atoms with van der Waals surface area (Å²) in [5, 5.41) is 3.48. The van der Waals surface area contributed by atoms with E-state index in [1.165, 1.54) is 5.56 Å². The second-order valence-corrected chi connectivity index (χ2v) is 10.4. The quantitative estimate of drug-likeness (QED) is 0.279. The fraction of sp³-hybridized carbons (Fsp3) is 0.424. The van der Waals surface area contributed by atoms with Gasteiger partial charge in [-0.3, -0.25) is 4.79 Å². The molecule has 8 heteroatoms. The highest BCUT2D eigenvalue weighted by Gasteiger charge is 2.28. The van der Waals surface area contributed by atoms with Crippen LogP contribution in [0.25, 0.3) is 0 Å². The van der Waals surface area contributed by atoms with Gasteiger partial charge >= 0.3 is 0 Å². The lowest BCUT2D eigenvalue weighted by atomic mass is 9.87. The Bertz CT molecular complexity index is 1240. The Kier molecular flexibility index (Phi) is 10.5. The van der Waals surface area contributed by atoms with Crippen LogP contribution < -0.4 is 24.4 Å². The van der Waals surface area contributed by atoms with E-state index in [0.29, 0.717) is 33.0 Å². The summed E-state index contributed by atoms with van der Waals surface area (Å²) in [6, 6.07) is 24.2. The lowest BCUT2D eigenvalue weighted by Gasteiger charge is -2.33. The summed E-state index contributed by atoms with van der Waals surface area (Å²) in [7, 11) is 1.67. The number of amides is 1. The Hall–Kier alpha value is -3.59. The second kappa shape index (κ2) is 14.9. The van der Waals surface area contributed by atoms with Crippen LogP contribution in [0.4, 0.5) is 5.69 Å². The van der Waals surface area contributed by atoms with E-state index < -0.39 is 0 Å². The van der Waals surface area contributed by atoms with Gasteiger partial charge in [-0.25, -0.2) is 0 Å². The molecule has 1 N–H and O–H groups in total. The van der Waals surface area contributed by atoms with Crippen molar-refractivity contribution < 1.29 is 28.5 Å². The number of carbonyl (C=O) groups excluding carboxylic acids is 1. The van der Waals surface area contributed by atoms with Gasteiger partial charge in [0.15, 0.2) is 6.61 Å². The van der Waals surface area contributed by atoms with Crippen LogP contribution in [-0.4, -0.2) is 65.2 Å². The van der Waals surface area contributed by atoms with Crippen molar-refractivity contribution in [3.63, 3.8) is 0 Å². The minimum atomic E-state index is -0.0313. The SMILES string of the molecule is COCCCN1C(=O)COc2ccc(COC3CNCCC3c3ccc(OCCCOc4ccccc4)cc3)cc21. The van der Waals surface area contributed by atoms with Gasteiger partial charge < -0.3 is 33.9 Å². The first-order valence-corrected chi connectivity index (χ1v) is 14.5. The summed E-state index contributed by atoms with van der Waals surface area (Å²) in [5.74, 6) is 2.73. The molecule has 218 valence electrons. The largest absolute Gasteiger partial charge is 0.493 e. The molecule has 0 aliphatic carbocycles. The van der Waals surface area contributed by atoms with E-state index in [1.54, 1.807) is 12.0 Å². The smallest absolute Gasteiger partial charge is 0.265 e. The number of benzene rings is 3. The number of hydrogen-bond donors (Lipinski definition) is 1. The van der Waals surface area contributed by atoms with E-state index in [-0.39, 0.29) is 24.5 Å². The van der Waals surface area contributed by atoms with Crippen LogP contribution in [0.2, 0.25) is 0 Å². The number of anilines is 1. The summed E-state index contributed by atoms with van der Waals surface area (Å²) in [6.07, 6.45) is 2.62. The molecule has 3 aromatic carbocycles. The van der Waals surface area contributed by atoms with Crippen LogP contribution in [0.15, 0.2) is 72.8 Å². The van der Waals surface area contributed by atoms with E-state index in [4.69, 9.17) is 23.7 Å². The Morgan fingerprint density at radius 2 is 1.71 bits per heavy atom. The number of nitrogens with zero attached hydrogens (tertiary/aromatic N) is 1. The molecule has 2 aliphatic rings. The predicted molar refractivity (Wildman–Crippen MR) is 158 cm³/mol. The van der Waals surface area contributed by atoms with E-state index in [0.717, 1.165) is 60.9 Å². The Balaban J connectivity index is 1.13. The molecule has 1 saturated heterocycles. The van der Waals surface area contributed by atoms with Crippen LogP contribution in [-0.2, 0) is 20.9 Å². The molecule has 2 atom stereocenters. The molecule has 8 nitrogen and oxygen atoms in total. The zero-order valence-corrected chi connectivity index (χ0v) is 23.8. The summed E-state index contributed by atoms with van der Waals surface area (Å²) in [6.45, 7) is 4.71. The van der Waals surface area contributed by atoms with Crippen molar-refractivity contribution in [2.45, 2.75) is 37.9 Å². The third kappa shape index (κ3) is 8.00. The molecular formula is C33H40N2O6. The van der Waals surface area contributed by atoms with Crippen LogP contribution >= 0.6 is 0 Å². The lowest BCUT2D eigenvalue weighted by Crippen LogP contribution is -2.41. The molecular weight excluding hydrogens is 520 g/mol. The van der Waals surface area contributed by atoms with Gasteiger partial charge in [-0.2, -0.15) is 0 Å². The number of fused-ring (bicyclic) bond motifs is 1. The summed E-state index contributed by atoms with van der Waals surface area (Å²) in [5.41, 5.74) is 3.08. The number of methoxy groups -OCH3 is 1.